The molecule has 4 heteroatoms. The molecule has 4 nitrogen and oxygen atoms in total. The molecule has 1 aromatic carbocycles. The second kappa shape index (κ2) is 7.13. The summed E-state index contributed by atoms with van der Waals surface area (Å²) < 4.78 is 0. The second-order valence-electron chi connectivity index (χ2n) is 4.63. The highest BCUT2D eigenvalue weighted by molar-refractivity contribution is 5.93. The zero-order chi connectivity index (χ0) is 13.5. The normalized spacial score (nSPS) is 10.7. The van der Waals surface area contributed by atoms with Crippen LogP contribution >= 0.6 is 0 Å². The van der Waals surface area contributed by atoms with Gasteiger partial charge in [-0.25, -0.2) is 0 Å². The highest BCUT2D eigenvalue weighted by Crippen LogP contribution is 2.19. The molecule has 18 heavy (non-hydrogen) atoms. The van der Waals surface area contributed by atoms with Gasteiger partial charge in [0, 0.05) is 18.8 Å². The summed E-state index contributed by atoms with van der Waals surface area (Å²) in [7, 11) is 1.87. The van der Waals surface area contributed by atoms with Crippen LogP contribution in [0.1, 0.15) is 17.5 Å². The van der Waals surface area contributed by atoms with Crippen LogP contribution in [0.3, 0.4) is 0 Å². The molecule has 0 aliphatic heterocycles. The number of likely N-dealkylation sites (N-methyl/N-ethyl adjacent to an activating group) is 1. The Kier molecular flexibility index (Phi) is 5.82. The van der Waals surface area contributed by atoms with Crippen LogP contribution in [-0.2, 0) is 4.79 Å². The van der Waals surface area contributed by atoms with Crippen LogP contribution in [0.4, 0.5) is 5.69 Å². The van der Waals surface area contributed by atoms with Crippen molar-refractivity contribution in [3.63, 3.8) is 0 Å². The van der Waals surface area contributed by atoms with Gasteiger partial charge in [-0.2, -0.15) is 0 Å². The molecule has 0 saturated heterocycles. The first kappa shape index (κ1) is 14.7. The van der Waals surface area contributed by atoms with Gasteiger partial charge in [0.1, 0.15) is 0 Å². The van der Waals surface area contributed by atoms with Crippen molar-refractivity contribution >= 4 is 11.6 Å². The highest BCUT2D eigenvalue weighted by Gasteiger charge is 2.09. The van der Waals surface area contributed by atoms with Crippen LogP contribution in [0.5, 0.6) is 0 Å². The van der Waals surface area contributed by atoms with Gasteiger partial charge in [-0.1, -0.05) is 18.2 Å². The van der Waals surface area contributed by atoms with E-state index < -0.39 is 0 Å². The molecule has 0 aliphatic carbocycles. The van der Waals surface area contributed by atoms with E-state index in [-0.39, 0.29) is 12.5 Å². The number of aryl methyl sites for hydroxylation is 2. The molecule has 0 atom stereocenters. The van der Waals surface area contributed by atoms with Crippen molar-refractivity contribution in [2.45, 2.75) is 20.3 Å². The Bertz CT molecular complexity index is 385. The van der Waals surface area contributed by atoms with Crippen molar-refractivity contribution in [3.05, 3.63) is 29.3 Å². The van der Waals surface area contributed by atoms with Gasteiger partial charge in [-0.15, -0.1) is 0 Å². The maximum Gasteiger partial charge on any atom is 0.238 e. The molecule has 100 valence electrons. The molecule has 1 aromatic rings. The van der Waals surface area contributed by atoms with Gasteiger partial charge >= 0.3 is 0 Å². The number of hydrogen-bond acceptors (Lipinski definition) is 3. The number of carbonyl (C=O) groups excluding carboxylic acids is 1. The fourth-order valence-electron chi connectivity index (χ4n) is 1.86. The minimum atomic E-state index is -0.0205. The number of hydrogen-bond donors (Lipinski definition) is 2. The van der Waals surface area contributed by atoms with E-state index in [1.54, 1.807) is 0 Å². The SMILES string of the molecule is Cc1cccc(C)c1NC(=O)CN(C)CCCO. The minimum absolute atomic E-state index is 0.0205. The first-order valence-electron chi connectivity index (χ1n) is 6.20. The van der Waals surface area contributed by atoms with Crippen LogP contribution in [0.2, 0.25) is 0 Å². The quantitative estimate of drug-likeness (QED) is 0.805. The molecule has 0 spiro atoms. The van der Waals surface area contributed by atoms with Crippen LogP contribution in [0.15, 0.2) is 18.2 Å². The third-order valence-corrected chi connectivity index (χ3v) is 2.86. The minimum Gasteiger partial charge on any atom is -0.396 e. The van der Waals surface area contributed by atoms with Crippen LogP contribution in [0.25, 0.3) is 0 Å². The van der Waals surface area contributed by atoms with Gasteiger partial charge in [0.15, 0.2) is 0 Å². The number of aliphatic hydroxyl groups excluding tert-OH is 1. The lowest BCUT2D eigenvalue weighted by Gasteiger charge is -2.17. The molecule has 0 fully saturated rings. The van der Waals surface area contributed by atoms with Crippen LogP contribution < -0.4 is 5.32 Å². The van der Waals surface area contributed by atoms with Crippen molar-refractivity contribution in [1.29, 1.82) is 0 Å². The Morgan fingerprint density at radius 2 is 1.94 bits per heavy atom. The summed E-state index contributed by atoms with van der Waals surface area (Å²) in [6, 6.07) is 5.95. The summed E-state index contributed by atoms with van der Waals surface area (Å²) in [6.07, 6.45) is 0.688. The number of anilines is 1. The lowest BCUT2D eigenvalue weighted by Crippen LogP contribution is -2.31. The van der Waals surface area contributed by atoms with Gasteiger partial charge in [0.05, 0.1) is 6.54 Å². The maximum atomic E-state index is 11.9. The van der Waals surface area contributed by atoms with E-state index >= 15 is 0 Å². The largest absolute Gasteiger partial charge is 0.396 e. The number of rotatable bonds is 6. The van der Waals surface area contributed by atoms with E-state index in [2.05, 4.69) is 5.32 Å². The Hall–Kier alpha value is -1.39. The molecule has 2 N–H and O–H groups in total. The number of para-hydroxylation sites is 1. The van der Waals surface area contributed by atoms with Crippen molar-refractivity contribution in [2.75, 3.05) is 32.1 Å². The zero-order valence-electron chi connectivity index (χ0n) is 11.4. The summed E-state index contributed by atoms with van der Waals surface area (Å²) in [5, 5.41) is 11.7. The molecular formula is C14H22N2O2. The smallest absolute Gasteiger partial charge is 0.238 e. The zero-order valence-corrected chi connectivity index (χ0v) is 11.4. The number of carbonyl (C=O) groups is 1. The molecule has 1 rings (SSSR count). The fraction of sp³-hybridized carbons (Fsp3) is 0.500. The average Bonchev–Trinajstić information content (AvgIpc) is 2.31. The molecule has 1 amide bonds. The molecule has 0 aliphatic rings. The molecule has 0 heterocycles. The first-order chi connectivity index (χ1) is 8.54. The van der Waals surface area contributed by atoms with Gasteiger partial charge in [0.25, 0.3) is 0 Å². The van der Waals surface area contributed by atoms with Crippen LogP contribution in [-0.4, -0.2) is 42.7 Å². The monoisotopic (exact) mass is 250 g/mol. The number of nitrogens with one attached hydrogen (secondary N) is 1. The van der Waals surface area contributed by atoms with E-state index in [1.807, 2.05) is 44.0 Å². The number of benzene rings is 1. The van der Waals surface area contributed by atoms with E-state index in [4.69, 9.17) is 5.11 Å². The Morgan fingerprint density at radius 1 is 1.33 bits per heavy atom. The molecule has 0 saturated carbocycles. The van der Waals surface area contributed by atoms with Gasteiger partial charge in [0.2, 0.25) is 5.91 Å². The first-order valence-corrected chi connectivity index (χ1v) is 6.20. The molecule has 0 aromatic heterocycles. The number of aliphatic hydroxyl groups is 1. The average molecular weight is 250 g/mol. The summed E-state index contributed by atoms with van der Waals surface area (Å²) in [5.74, 6) is -0.0205. The summed E-state index contributed by atoms with van der Waals surface area (Å²) in [6.45, 7) is 5.18. The van der Waals surface area contributed by atoms with Crippen molar-refractivity contribution in [2.24, 2.45) is 0 Å². The van der Waals surface area contributed by atoms with Crippen molar-refractivity contribution in [1.82, 2.24) is 4.90 Å². The third kappa shape index (κ3) is 4.47. The van der Waals surface area contributed by atoms with Gasteiger partial charge < -0.3 is 10.4 Å². The Labute approximate surface area is 109 Å². The van der Waals surface area contributed by atoms with Crippen LogP contribution in [0, 0.1) is 13.8 Å². The highest BCUT2D eigenvalue weighted by atomic mass is 16.3. The van der Waals surface area contributed by atoms with Gasteiger partial charge in [-0.05, 0) is 38.4 Å². The summed E-state index contributed by atoms with van der Waals surface area (Å²) in [4.78, 5) is 13.8. The van der Waals surface area contributed by atoms with Gasteiger partial charge in [-0.3, -0.25) is 9.69 Å². The fourth-order valence-corrected chi connectivity index (χ4v) is 1.86. The van der Waals surface area contributed by atoms with E-state index in [9.17, 15) is 4.79 Å². The maximum absolute atomic E-state index is 11.9. The number of amides is 1. The topological polar surface area (TPSA) is 52.6 Å². The lowest BCUT2D eigenvalue weighted by atomic mass is 10.1. The predicted molar refractivity (Wildman–Crippen MR) is 73.7 cm³/mol. The second-order valence-corrected chi connectivity index (χ2v) is 4.63. The molecule has 0 bridgehead atoms. The van der Waals surface area contributed by atoms with Crippen molar-refractivity contribution in [3.8, 4) is 0 Å². The molecule has 0 radical (unpaired) electrons. The summed E-state index contributed by atoms with van der Waals surface area (Å²) in [5.41, 5.74) is 3.04. The van der Waals surface area contributed by atoms with E-state index in [1.165, 1.54) is 0 Å². The van der Waals surface area contributed by atoms with E-state index in [0.29, 0.717) is 13.0 Å². The van der Waals surface area contributed by atoms with E-state index in [0.717, 1.165) is 23.4 Å². The lowest BCUT2D eigenvalue weighted by molar-refractivity contribution is -0.117. The molecule has 0 unspecified atom stereocenters. The summed E-state index contributed by atoms with van der Waals surface area (Å²) >= 11 is 0. The third-order valence-electron chi connectivity index (χ3n) is 2.86. The van der Waals surface area contributed by atoms with Crippen molar-refractivity contribution < 1.29 is 9.90 Å². The standard InChI is InChI=1S/C14H22N2O2/c1-11-6-4-7-12(2)14(11)15-13(18)10-16(3)8-5-9-17/h4,6-7,17H,5,8-10H2,1-3H3,(H,15,18). The molecular weight excluding hydrogens is 228 g/mol. The Morgan fingerprint density at radius 3 is 2.50 bits per heavy atom. The number of nitrogens with zero attached hydrogens (tertiary/aromatic N) is 1. The predicted octanol–water partition coefficient (Wildman–Crippen LogP) is 1.56. The Balaban J connectivity index is 2.54.